The second-order valence-electron chi connectivity index (χ2n) is 6.30. The highest BCUT2D eigenvalue weighted by molar-refractivity contribution is 5.85. The third kappa shape index (κ3) is 3.82. The molecule has 4 heteroatoms. The van der Waals surface area contributed by atoms with E-state index in [1.165, 1.54) is 11.1 Å². The summed E-state index contributed by atoms with van der Waals surface area (Å²) in [6.07, 6.45) is 2.61. The molecule has 4 nitrogen and oxygen atoms in total. The smallest absolute Gasteiger partial charge is 0.326 e. The summed E-state index contributed by atoms with van der Waals surface area (Å²) < 4.78 is 0. The Morgan fingerprint density at radius 3 is 2.42 bits per heavy atom. The number of carbonyl (C=O) groups is 2. The van der Waals surface area contributed by atoms with Crippen molar-refractivity contribution in [3.63, 3.8) is 0 Å². The maximum atomic E-state index is 12.5. The first-order valence-electron chi connectivity index (χ1n) is 8.27. The molecule has 0 spiro atoms. The summed E-state index contributed by atoms with van der Waals surface area (Å²) in [5.74, 6) is -1.31. The number of amides is 1. The van der Waals surface area contributed by atoms with Crippen LogP contribution >= 0.6 is 0 Å². The molecule has 0 fully saturated rings. The molecule has 0 aromatic heterocycles. The Morgan fingerprint density at radius 1 is 1.04 bits per heavy atom. The summed E-state index contributed by atoms with van der Waals surface area (Å²) in [6, 6.07) is 16.6. The number of aliphatic carboxylic acids is 1. The highest BCUT2D eigenvalue weighted by Crippen LogP contribution is 2.25. The first-order valence-corrected chi connectivity index (χ1v) is 8.27. The Balaban J connectivity index is 1.65. The van der Waals surface area contributed by atoms with E-state index < -0.39 is 12.0 Å². The molecule has 1 aliphatic rings. The molecule has 0 bridgehead atoms. The Labute approximate surface area is 141 Å². The lowest BCUT2D eigenvalue weighted by molar-refractivity contribution is -0.142. The fourth-order valence-corrected chi connectivity index (χ4v) is 3.26. The van der Waals surface area contributed by atoms with Gasteiger partial charge in [0, 0.05) is 12.3 Å². The van der Waals surface area contributed by atoms with Crippen molar-refractivity contribution in [3.05, 3.63) is 71.3 Å². The Hall–Kier alpha value is -2.62. The van der Waals surface area contributed by atoms with Gasteiger partial charge in [-0.05, 0) is 36.0 Å². The summed E-state index contributed by atoms with van der Waals surface area (Å²) in [5.41, 5.74) is 3.39. The van der Waals surface area contributed by atoms with Crippen LogP contribution in [-0.2, 0) is 28.9 Å². The van der Waals surface area contributed by atoms with Crippen molar-refractivity contribution >= 4 is 11.9 Å². The van der Waals surface area contributed by atoms with Crippen molar-refractivity contribution in [2.75, 3.05) is 0 Å². The topological polar surface area (TPSA) is 66.4 Å². The van der Waals surface area contributed by atoms with Crippen LogP contribution in [0.3, 0.4) is 0 Å². The first kappa shape index (κ1) is 16.2. The van der Waals surface area contributed by atoms with Crippen LogP contribution in [0.15, 0.2) is 54.6 Å². The number of fused-ring (bicyclic) bond motifs is 1. The number of nitrogens with one attached hydrogen (secondary N) is 1. The quantitative estimate of drug-likeness (QED) is 0.889. The third-order valence-corrected chi connectivity index (χ3v) is 4.61. The number of hydrogen-bond donors (Lipinski definition) is 2. The average Bonchev–Trinajstić information content (AvgIpc) is 2.61. The van der Waals surface area contributed by atoms with E-state index >= 15 is 0 Å². The lowest BCUT2D eigenvalue weighted by Gasteiger charge is -2.25. The van der Waals surface area contributed by atoms with E-state index in [4.69, 9.17) is 0 Å². The summed E-state index contributed by atoms with van der Waals surface area (Å²) >= 11 is 0. The highest BCUT2D eigenvalue weighted by atomic mass is 16.4. The number of hydrogen-bond acceptors (Lipinski definition) is 2. The molecule has 2 N–H and O–H groups in total. The molecule has 1 amide bonds. The zero-order chi connectivity index (χ0) is 16.9. The van der Waals surface area contributed by atoms with Crippen molar-refractivity contribution < 1.29 is 14.7 Å². The SMILES string of the molecule is O=C(N[C@@H](Cc1ccccc1)C(=O)O)[C@H]1CCc2ccccc2C1. The molecule has 2 aromatic rings. The summed E-state index contributed by atoms with van der Waals surface area (Å²) in [7, 11) is 0. The predicted molar refractivity (Wildman–Crippen MR) is 91.7 cm³/mol. The molecule has 2 atom stereocenters. The van der Waals surface area contributed by atoms with Gasteiger partial charge in [0.05, 0.1) is 0 Å². The van der Waals surface area contributed by atoms with Crippen molar-refractivity contribution in [2.24, 2.45) is 5.92 Å². The molecule has 0 saturated heterocycles. The molecule has 0 aliphatic heterocycles. The number of carbonyl (C=O) groups excluding carboxylic acids is 1. The maximum Gasteiger partial charge on any atom is 0.326 e. The molecule has 3 rings (SSSR count). The van der Waals surface area contributed by atoms with Gasteiger partial charge in [-0.2, -0.15) is 0 Å². The fraction of sp³-hybridized carbons (Fsp3) is 0.300. The number of aryl methyl sites for hydroxylation is 1. The first-order chi connectivity index (χ1) is 11.6. The summed E-state index contributed by atoms with van der Waals surface area (Å²) in [4.78, 5) is 24.0. The lowest BCUT2D eigenvalue weighted by atomic mass is 9.83. The predicted octanol–water partition coefficient (Wildman–Crippen LogP) is 2.60. The van der Waals surface area contributed by atoms with Gasteiger partial charge < -0.3 is 10.4 Å². The van der Waals surface area contributed by atoms with Crippen LogP contribution in [0, 0.1) is 5.92 Å². The van der Waals surface area contributed by atoms with Gasteiger partial charge >= 0.3 is 5.97 Å². The molecule has 124 valence electrons. The van der Waals surface area contributed by atoms with E-state index in [9.17, 15) is 14.7 Å². The van der Waals surface area contributed by atoms with Gasteiger partial charge in [0.25, 0.3) is 0 Å². The zero-order valence-corrected chi connectivity index (χ0v) is 13.4. The van der Waals surface area contributed by atoms with Gasteiger partial charge in [-0.15, -0.1) is 0 Å². The Morgan fingerprint density at radius 2 is 1.71 bits per heavy atom. The molecule has 0 saturated carbocycles. The fourth-order valence-electron chi connectivity index (χ4n) is 3.26. The molecular formula is C20H21NO3. The van der Waals surface area contributed by atoms with Crippen LogP contribution in [0.1, 0.15) is 23.1 Å². The van der Waals surface area contributed by atoms with E-state index in [1.54, 1.807) is 0 Å². The third-order valence-electron chi connectivity index (χ3n) is 4.61. The molecule has 0 heterocycles. The van der Waals surface area contributed by atoms with E-state index in [-0.39, 0.29) is 11.8 Å². The standard InChI is InChI=1S/C20H21NO3/c22-19(17-11-10-15-8-4-5-9-16(15)13-17)21-18(20(23)24)12-14-6-2-1-3-7-14/h1-9,17-18H,10-13H2,(H,21,22)(H,23,24)/t17-,18-/m0/s1. The summed E-state index contributed by atoms with van der Waals surface area (Å²) in [6.45, 7) is 0. The molecule has 0 radical (unpaired) electrons. The monoisotopic (exact) mass is 323 g/mol. The molecule has 0 unspecified atom stereocenters. The normalized spacial score (nSPS) is 17.6. The second-order valence-corrected chi connectivity index (χ2v) is 6.30. The second kappa shape index (κ2) is 7.30. The summed E-state index contributed by atoms with van der Waals surface area (Å²) in [5, 5.41) is 12.2. The minimum absolute atomic E-state index is 0.155. The largest absolute Gasteiger partial charge is 0.480 e. The lowest BCUT2D eigenvalue weighted by Crippen LogP contribution is -2.46. The Bertz CT molecular complexity index is 727. The van der Waals surface area contributed by atoms with Crippen molar-refractivity contribution in [3.8, 4) is 0 Å². The van der Waals surface area contributed by atoms with Crippen molar-refractivity contribution in [2.45, 2.75) is 31.7 Å². The van der Waals surface area contributed by atoms with E-state index in [0.717, 1.165) is 18.4 Å². The van der Waals surface area contributed by atoms with Gasteiger partial charge in [-0.25, -0.2) is 4.79 Å². The van der Waals surface area contributed by atoms with Crippen LogP contribution in [-0.4, -0.2) is 23.0 Å². The van der Waals surface area contributed by atoms with Gasteiger partial charge in [-0.1, -0.05) is 54.6 Å². The number of carboxylic acid groups (broad SMARTS) is 1. The molecule has 2 aromatic carbocycles. The van der Waals surface area contributed by atoms with Gasteiger partial charge in [-0.3, -0.25) is 4.79 Å². The Kier molecular flexibility index (Phi) is 4.94. The van der Waals surface area contributed by atoms with Crippen LogP contribution in [0.25, 0.3) is 0 Å². The van der Waals surface area contributed by atoms with Crippen LogP contribution < -0.4 is 5.32 Å². The average molecular weight is 323 g/mol. The van der Waals surface area contributed by atoms with Crippen molar-refractivity contribution in [1.82, 2.24) is 5.32 Å². The zero-order valence-electron chi connectivity index (χ0n) is 13.4. The molecule has 24 heavy (non-hydrogen) atoms. The van der Waals surface area contributed by atoms with Crippen LogP contribution in [0.5, 0.6) is 0 Å². The number of rotatable bonds is 5. The van der Waals surface area contributed by atoms with Gasteiger partial charge in [0.2, 0.25) is 5.91 Å². The molecular weight excluding hydrogens is 302 g/mol. The number of carboxylic acids is 1. The van der Waals surface area contributed by atoms with Crippen LogP contribution in [0.2, 0.25) is 0 Å². The van der Waals surface area contributed by atoms with E-state index in [0.29, 0.717) is 12.8 Å². The highest BCUT2D eigenvalue weighted by Gasteiger charge is 2.28. The minimum Gasteiger partial charge on any atom is -0.480 e. The minimum atomic E-state index is -0.997. The maximum absolute atomic E-state index is 12.5. The molecule has 1 aliphatic carbocycles. The van der Waals surface area contributed by atoms with Crippen molar-refractivity contribution in [1.29, 1.82) is 0 Å². The van der Waals surface area contributed by atoms with E-state index in [2.05, 4.69) is 11.4 Å². The van der Waals surface area contributed by atoms with Gasteiger partial charge in [0.1, 0.15) is 6.04 Å². The van der Waals surface area contributed by atoms with Crippen LogP contribution in [0.4, 0.5) is 0 Å². The number of benzene rings is 2. The van der Waals surface area contributed by atoms with Gasteiger partial charge in [0.15, 0.2) is 0 Å². The van der Waals surface area contributed by atoms with E-state index in [1.807, 2.05) is 48.5 Å².